The molecule has 6 heteroatoms. The number of carboxylic acids is 1. The van der Waals surface area contributed by atoms with Gasteiger partial charge in [-0.2, -0.15) is 0 Å². The lowest BCUT2D eigenvalue weighted by molar-refractivity contribution is -0.117. The highest BCUT2D eigenvalue weighted by Crippen LogP contribution is 2.19. The second kappa shape index (κ2) is 6.15. The Labute approximate surface area is 120 Å². The van der Waals surface area contributed by atoms with E-state index in [9.17, 15) is 14.0 Å². The number of carbonyl (C=O) groups excluding carboxylic acids is 1. The first-order chi connectivity index (χ1) is 9.99. The normalized spacial score (nSPS) is 11.7. The van der Waals surface area contributed by atoms with E-state index in [0.717, 1.165) is 18.2 Å². The largest absolute Gasteiger partial charge is 0.478 e. The second-order valence-electron chi connectivity index (χ2n) is 4.37. The average molecular weight is 288 g/mol. The number of nitrogens with one attached hydrogen (secondary N) is 1. The molecule has 0 aliphatic rings. The van der Waals surface area contributed by atoms with Gasteiger partial charge in [0.2, 0.25) is 5.91 Å². The fraction of sp³-hybridized carbons (Fsp3) is 0.0667. The lowest BCUT2D eigenvalue weighted by atomic mass is 10.1. The Morgan fingerprint density at radius 1 is 1.14 bits per heavy atom. The first kappa shape index (κ1) is 14.7. The summed E-state index contributed by atoms with van der Waals surface area (Å²) in [6.07, 6.45) is 0. The first-order valence-corrected chi connectivity index (χ1v) is 6.13. The number of nitrogens with two attached hydrogens (primary N) is 1. The van der Waals surface area contributed by atoms with Crippen LogP contribution in [0, 0.1) is 5.82 Å². The number of benzene rings is 2. The molecule has 1 amide bonds. The Kier molecular flexibility index (Phi) is 4.30. The topological polar surface area (TPSA) is 92.4 Å². The van der Waals surface area contributed by atoms with Gasteiger partial charge in [0.05, 0.1) is 11.3 Å². The van der Waals surface area contributed by atoms with Crippen LogP contribution in [0.4, 0.5) is 10.1 Å². The van der Waals surface area contributed by atoms with Crippen molar-refractivity contribution in [2.24, 2.45) is 5.73 Å². The number of carbonyl (C=O) groups is 2. The Bertz CT molecular complexity index is 674. The molecule has 1 unspecified atom stereocenters. The standard InChI is InChI=1S/C15H13FN2O3/c16-10-6-7-11(15(20)21)12(8-10)18-14(19)13(17)9-4-2-1-3-5-9/h1-8,13H,17H2,(H,18,19)(H,20,21). The van der Waals surface area contributed by atoms with Gasteiger partial charge >= 0.3 is 5.97 Å². The summed E-state index contributed by atoms with van der Waals surface area (Å²) in [5.74, 6) is -2.53. The van der Waals surface area contributed by atoms with E-state index in [1.807, 2.05) is 0 Å². The second-order valence-corrected chi connectivity index (χ2v) is 4.37. The smallest absolute Gasteiger partial charge is 0.337 e. The molecule has 0 saturated carbocycles. The number of anilines is 1. The van der Waals surface area contributed by atoms with E-state index in [0.29, 0.717) is 5.56 Å². The molecule has 108 valence electrons. The summed E-state index contributed by atoms with van der Waals surface area (Å²) in [6.45, 7) is 0. The Morgan fingerprint density at radius 3 is 2.43 bits per heavy atom. The number of rotatable bonds is 4. The third-order valence-electron chi connectivity index (χ3n) is 2.91. The number of halogens is 1. The number of hydrogen-bond donors (Lipinski definition) is 3. The Balaban J connectivity index is 2.24. The zero-order valence-electron chi connectivity index (χ0n) is 10.9. The minimum Gasteiger partial charge on any atom is -0.478 e. The zero-order valence-corrected chi connectivity index (χ0v) is 10.9. The molecule has 2 aromatic carbocycles. The average Bonchev–Trinajstić information content (AvgIpc) is 2.47. The van der Waals surface area contributed by atoms with Gasteiger partial charge < -0.3 is 16.2 Å². The van der Waals surface area contributed by atoms with Crippen LogP contribution in [0.2, 0.25) is 0 Å². The first-order valence-electron chi connectivity index (χ1n) is 6.13. The molecule has 2 rings (SSSR count). The molecule has 0 spiro atoms. The van der Waals surface area contributed by atoms with Crippen LogP contribution in [0.1, 0.15) is 22.0 Å². The highest BCUT2D eigenvalue weighted by atomic mass is 19.1. The van der Waals surface area contributed by atoms with Gasteiger partial charge in [-0.25, -0.2) is 9.18 Å². The molecule has 0 aliphatic carbocycles. The van der Waals surface area contributed by atoms with Gasteiger partial charge in [-0.05, 0) is 23.8 Å². The molecular weight excluding hydrogens is 275 g/mol. The highest BCUT2D eigenvalue weighted by molar-refractivity contribution is 6.02. The van der Waals surface area contributed by atoms with Crippen molar-refractivity contribution in [3.8, 4) is 0 Å². The predicted octanol–water partition coefficient (Wildman–Crippen LogP) is 2.16. The van der Waals surface area contributed by atoms with Gasteiger partial charge in [-0.3, -0.25) is 4.79 Å². The fourth-order valence-corrected chi connectivity index (χ4v) is 1.83. The summed E-state index contributed by atoms with van der Waals surface area (Å²) in [4.78, 5) is 23.1. The van der Waals surface area contributed by atoms with Gasteiger partial charge in [-0.1, -0.05) is 30.3 Å². The third-order valence-corrected chi connectivity index (χ3v) is 2.91. The van der Waals surface area contributed by atoms with E-state index in [2.05, 4.69) is 5.32 Å². The molecule has 2 aromatic rings. The molecule has 4 N–H and O–H groups in total. The SMILES string of the molecule is NC(C(=O)Nc1cc(F)ccc1C(=O)O)c1ccccc1. The summed E-state index contributed by atoms with van der Waals surface area (Å²) in [6, 6.07) is 10.7. The van der Waals surface area contributed by atoms with Crippen LogP contribution in [-0.4, -0.2) is 17.0 Å². The maximum Gasteiger partial charge on any atom is 0.337 e. The zero-order chi connectivity index (χ0) is 15.4. The quantitative estimate of drug-likeness (QED) is 0.803. The van der Waals surface area contributed by atoms with Gasteiger partial charge in [0.1, 0.15) is 11.9 Å². The Morgan fingerprint density at radius 2 is 1.81 bits per heavy atom. The summed E-state index contributed by atoms with van der Waals surface area (Å²) in [5, 5.41) is 11.4. The van der Waals surface area contributed by atoms with Gasteiger partial charge in [0.25, 0.3) is 0 Å². The van der Waals surface area contributed by atoms with Crippen LogP contribution in [0.15, 0.2) is 48.5 Å². The van der Waals surface area contributed by atoms with Crippen LogP contribution in [0.5, 0.6) is 0 Å². The number of amides is 1. The van der Waals surface area contributed by atoms with Crippen LogP contribution in [0.3, 0.4) is 0 Å². The van der Waals surface area contributed by atoms with Crippen molar-refractivity contribution in [1.82, 2.24) is 0 Å². The van der Waals surface area contributed by atoms with Crippen LogP contribution >= 0.6 is 0 Å². The molecule has 0 fully saturated rings. The van der Waals surface area contributed by atoms with Gasteiger partial charge in [0.15, 0.2) is 0 Å². The molecule has 0 radical (unpaired) electrons. The number of aromatic carboxylic acids is 1. The summed E-state index contributed by atoms with van der Waals surface area (Å²) < 4.78 is 13.2. The van der Waals surface area contributed by atoms with Crippen molar-refractivity contribution in [2.75, 3.05) is 5.32 Å². The molecule has 5 nitrogen and oxygen atoms in total. The van der Waals surface area contributed by atoms with E-state index in [4.69, 9.17) is 10.8 Å². The molecule has 21 heavy (non-hydrogen) atoms. The Hall–Kier alpha value is -2.73. The van der Waals surface area contributed by atoms with Crippen molar-refractivity contribution in [1.29, 1.82) is 0 Å². The van der Waals surface area contributed by atoms with E-state index < -0.39 is 23.7 Å². The minimum atomic E-state index is -1.27. The van der Waals surface area contributed by atoms with E-state index in [1.165, 1.54) is 0 Å². The van der Waals surface area contributed by atoms with Crippen LogP contribution in [0.25, 0.3) is 0 Å². The monoisotopic (exact) mass is 288 g/mol. The lowest BCUT2D eigenvalue weighted by Gasteiger charge is -2.14. The molecule has 0 heterocycles. The molecule has 0 saturated heterocycles. The van der Waals surface area contributed by atoms with Gasteiger partial charge in [0, 0.05) is 0 Å². The van der Waals surface area contributed by atoms with Gasteiger partial charge in [-0.15, -0.1) is 0 Å². The van der Waals surface area contributed by atoms with E-state index >= 15 is 0 Å². The molecule has 1 atom stereocenters. The van der Waals surface area contributed by atoms with E-state index in [-0.39, 0.29) is 11.3 Å². The summed E-state index contributed by atoms with van der Waals surface area (Å²) >= 11 is 0. The van der Waals surface area contributed by atoms with E-state index in [1.54, 1.807) is 30.3 Å². The highest BCUT2D eigenvalue weighted by Gasteiger charge is 2.19. The molecule has 0 aliphatic heterocycles. The molecule has 0 aromatic heterocycles. The lowest BCUT2D eigenvalue weighted by Crippen LogP contribution is -2.28. The minimum absolute atomic E-state index is 0.126. The predicted molar refractivity (Wildman–Crippen MR) is 75.4 cm³/mol. The maximum absolute atomic E-state index is 13.2. The van der Waals surface area contributed by atoms with Crippen molar-refractivity contribution < 1.29 is 19.1 Å². The van der Waals surface area contributed by atoms with Crippen LogP contribution in [-0.2, 0) is 4.79 Å². The maximum atomic E-state index is 13.2. The molecular formula is C15H13FN2O3. The fourth-order valence-electron chi connectivity index (χ4n) is 1.83. The van der Waals surface area contributed by atoms with Crippen molar-refractivity contribution in [2.45, 2.75) is 6.04 Å². The van der Waals surface area contributed by atoms with Crippen molar-refractivity contribution >= 4 is 17.6 Å². The summed E-state index contributed by atoms with van der Waals surface area (Å²) in [7, 11) is 0. The van der Waals surface area contributed by atoms with Crippen LogP contribution < -0.4 is 11.1 Å². The third kappa shape index (κ3) is 3.43. The summed E-state index contributed by atoms with van der Waals surface area (Å²) in [5.41, 5.74) is 6.04. The van der Waals surface area contributed by atoms with Crippen molar-refractivity contribution in [3.05, 3.63) is 65.5 Å². The van der Waals surface area contributed by atoms with Crippen molar-refractivity contribution in [3.63, 3.8) is 0 Å². The molecule has 0 bridgehead atoms. The number of hydrogen-bond acceptors (Lipinski definition) is 3. The number of carboxylic acid groups (broad SMARTS) is 1.